The van der Waals surface area contributed by atoms with Gasteiger partial charge in [-0.2, -0.15) is 0 Å². The van der Waals surface area contributed by atoms with Crippen LogP contribution in [0.5, 0.6) is 0 Å². The molecule has 0 spiro atoms. The molecule has 1 aromatic carbocycles. The summed E-state index contributed by atoms with van der Waals surface area (Å²) in [5.74, 6) is 0.241. The van der Waals surface area contributed by atoms with Crippen LogP contribution in [0.1, 0.15) is 23.4 Å². The summed E-state index contributed by atoms with van der Waals surface area (Å²) in [6.45, 7) is 4.47. The van der Waals surface area contributed by atoms with Crippen LogP contribution < -0.4 is 5.56 Å². The van der Waals surface area contributed by atoms with Gasteiger partial charge >= 0.3 is 0 Å². The van der Waals surface area contributed by atoms with Crippen molar-refractivity contribution in [3.8, 4) is 0 Å². The van der Waals surface area contributed by atoms with Gasteiger partial charge in [0.15, 0.2) is 0 Å². The number of nitrogens with one attached hydrogen (secondary N) is 1. The van der Waals surface area contributed by atoms with Gasteiger partial charge in [-0.1, -0.05) is 11.6 Å². The van der Waals surface area contributed by atoms with Crippen LogP contribution in [0.2, 0.25) is 5.02 Å². The van der Waals surface area contributed by atoms with Gasteiger partial charge in [-0.05, 0) is 38.1 Å². The number of hydrogen-bond acceptors (Lipinski definition) is 5. The predicted molar refractivity (Wildman–Crippen MR) is 104 cm³/mol. The van der Waals surface area contributed by atoms with Crippen molar-refractivity contribution < 1.29 is 4.79 Å². The number of carbonyl (C=O) groups is 1. The van der Waals surface area contributed by atoms with Crippen molar-refractivity contribution in [2.24, 2.45) is 0 Å². The second kappa shape index (κ2) is 7.80. The SMILES string of the molecule is CCN(Cc1nc2cc(Cl)ccc2c(=O)[nH]1)C(=O)/C=C/c1csc(C)n1. The van der Waals surface area contributed by atoms with Crippen molar-refractivity contribution in [2.75, 3.05) is 6.54 Å². The fourth-order valence-corrected chi connectivity index (χ4v) is 3.23. The van der Waals surface area contributed by atoms with Crippen molar-refractivity contribution in [3.05, 3.63) is 61.6 Å². The smallest absolute Gasteiger partial charge is 0.258 e. The Kier molecular flexibility index (Phi) is 5.49. The van der Waals surface area contributed by atoms with E-state index < -0.39 is 0 Å². The summed E-state index contributed by atoms with van der Waals surface area (Å²) in [6, 6.07) is 4.92. The van der Waals surface area contributed by atoms with Crippen molar-refractivity contribution in [3.63, 3.8) is 0 Å². The number of fused-ring (bicyclic) bond motifs is 1. The molecule has 0 aliphatic heterocycles. The summed E-state index contributed by atoms with van der Waals surface area (Å²) in [5.41, 5.74) is 1.01. The molecule has 8 heteroatoms. The lowest BCUT2D eigenvalue weighted by atomic mass is 10.2. The van der Waals surface area contributed by atoms with Gasteiger partial charge in [0, 0.05) is 23.0 Å². The standard InChI is InChI=1S/C18H17ClN4O2S/c1-3-23(17(24)7-5-13-10-26-11(2)20-13)9-16-21-15-8-12(19)4-6-14(15)18(25)22-16/h4-8,10H,3,9H2,1-2H3,(H,21,22,25)/b7-5+. The molecule has 3 rings (SSSR count). The lowest BCUT2D eigenvalue weighted by Crippen LogP contribution is -2.30. The van der Waals surface area contributed by atoms with Crippen molar-refractivity contribution in [1.29, 1.82) is 0 Å². The minimum absolute atomic E-state index is 0.174. The molecular weight excluding hydrogens is 372 g/mol. The third-order valence-electron chi connectivity index (χ3n) is 3.79. The van der Waals surface area contributed by atoms with E-state index in [1.165, 1.54) is 17.4 Å². The van der Waals surface area contributed by atoms with E-state index in [-0.39, 0.29) is 18.0 Å². The van der Waals surface area contributed by atoms with Crippen LogP contribution in [-0.4, -0.2) is 32.3 Å². The Morgan fingerprint density at radius 3 is 2.88 bits per heavy atom. The molecule has 6 nitrogen and oxygen atoms in total. The quantitative estimate of drug-likeness (QED) is 0.679. The Morgan fingerprint density at radius 1 is 1.38 bits per heavy atom. The normalized spacial score (nSPS) is 11.3. The molecule has 2 aromatic heterocycles. The molecule has 0 radical (unpaired) electrons. The van der Waals surface area contributed by atoms with Crippen LogP contribution >= 0.6 is 22.9 Å². The monoisotopic (exact) mass is 388 g/mol. The van der Waals surface area contributed by atoms with Crippen LogP contribution in [0.25, 0.3) is 17.0 Å². The molecule has 1 N–H and O–H groups in total. The maximum Gasteiger partial charge on any atom is 0.258 e. The summed E-state index contributed by atoms with van der Waals surface area (Å²) in [6.07, 6.45) is 3.17. The zero-order valence-corrected chi connectivity index (χ0v) is 15.9. The van der Waals surface area contributed by atoms with E-state index in [4.69, 9.17) is 11.6 Å². The van der Waals surface area contributed by atoms with Crippen LogP contribution in [0.4, 0.5) is 0 Å². The van der Waals surface area contributed by atoms with E-state index in [0.29, 0.717) is 28.3 Å². The van der Waals surface area contributed by atoms with Gasteiger partial charge in [0.2, 0.25) is 5.91 Å². The molecule has 0 atom stereocenters. The number of aromatic amines is 1. The Morgan fingerprint density at radius 2 is 2.19 bits per heavy atom. The van der Waals surface area contributed by atoms with Gasteiger partial charge in [0.05, 0.1) is 28.1 Å². The number of amides is 1. The molecule has 2 heterocycles. The summed E-state index contributed by atoms with van der Waals surface area (Å²) in [4.78, 5) is 37.7. The van der Waals surface area contributed by atoms with Crippen molar-refractivity contribution in [2.45, 2.75) is 20.4 Å². The number of thiazole rings is 1. The van der Waals surface area contributed by atoms with Gasteiger partial charge < -0.3 is 9.88 Å². The highest BCUT2D eigenvalue weighted by Crippen LogP contribution is 2.15. The number of aromatic nitrogens is 3. The average Bonchev–Trinajstić information content (AvgIpc) is 3.02. The molecular formula is C18H17ClN4O2S. The van der Waals surface area contributed by atoms with Crippen LogP contribution in [0.3, 0.4) is 0 Å². The van der Waals surface area contributed by atoms with E-state index in [9.17, 15) is 9.59 Å². The zero-order chi connectivity index (χ0) is 18.7. The van der Waals surface area contributed by atoms with Crippen LogP contribution in [0, 0.1) is 6.92 Å². The van der Waals surface area contributed by atoms with Crippen molar-refractivity contribution >= 4 is 45.8 Å². The van der Waals surface area contributed by atoms with Gasteiger partial charge in [0.1, 0.15) is 5.82 Å². The number of nitrogens with zero attached hydrogens (tertiary/aromatic N) is 3. The Labute approximate surface area is 159 Å². The molecule has 0 fully saturated rings. The fourth-order valence-electron chi connectivity index (χ4n) is 2.48. The zero-order valence-electron chi connectivity index (χ0n) is 14.3. The van der Waals surface area contributed by atoms with Gasteiger partial charge in [-0.25, -0.2) is 9.97 Å². The highest BCUT2D eigenvalue weighted by atomic mass is 35.5. The molecule has 0 aliphatic carbocycles. The molecule has 0 aliphatic rings. The van der Waals surface area contributed by atoms with Gasteiger partial charge in [-0.15, -0.1) is 11.3 Å². The maximum absolute atomic E-state index is 12.4. The summed E-state index contributed by atoms with van der Waals surface area (Å²) >= 11 is 7.51. The molecule has 3 aromatic rings. The third-order valence-corrected chi connectivity index (χ3v) is 4.81. The van der Waals surface area contributed by atoms with E-state index in [2.05, 4.69) is 15.0 Å². The molecule has 134 valence electrons. The molecule has 0 bridgehead atoms. The molecule has 0 unspecified atom stereocenters. The molecule has 0 saturated carbocycles. The number of benzene rings is 1. The van der Waals surface area contributed by atoms with E-state index in [1.54, 1.807) is 29.2 Å². The Bertz CT molecular complexity index is 1040. The first kappa shape index (κ1) is 18.3. The predicted octanol–water partition coefficient (Wildman–Crippen LogP) is 3.40. The summed E-state index contributed by atoms with van der Waals surface area (Å²) in [7, 11) is 0. The first-order chi connectivity index (χ1) is 12.5. The van der Waals surface area contributed by atoms with Crippen LogP contribution in [0.15, 0.2) is 34.4 Å². The summed E-state index contributed by atoms with van der Waals surface area (Å²) < 4.78 is 0. The molecule has 26 heavy (non-hydrogen) atoms. The minimum atomic E-state index is -0.251. The lowest BCUT2D eigenvalue weighted by Gasteiger charge is -2.18. The minimum Gasteiger partial charge on any atom is -0.332 e. The van der Waals surface area contributed by atoms with E-state index in [0.717, 1.165) is 10.7 Å². The van der Waals surface area contributed by atoms with E-state index in [1.807, 2.05) is 19.2 Å². The number of aryl methyl sites for hydroxylation is 1. The first-order valence-corrected chi connectivity index (χ1v) is 9.29. The topological polar surface area (TPSA) is 79.0 Å². The maximum atomic E-state index is 12.4. The second-order valence-corrected chi connectivity index (χ2v) is 7.15. The number of carbonyl (C=O) groups excluding carboxylic acids is 1. The number of likely N-dealkylation sites (N-methyl/N-ethyl adjacent to an activating group) is 1. The Hall–Kier alpha value is -2.51. The first-order valence-electron chi connectivity index (χ1n) is 8.04. The number of halogens is 1. The molecule has 1 amide bonds. The summed E-state index contributed by atoms with van der Waals surface area (Å²) in [5, 5.41) is 3.81. The molecule has 0 saturated heterocycles. The lowest BCUT2D eigenvalue weighted by molar-refractivity contribution is -0.126. The van der Waals surface area contributed by atoms with Gasteiger partial charge in [0.25, 0.3) is 5.56 Å². The number of hydrogen-bond donors (Lipinski definition) is 1. The highest BCUT2D eigenvalue weighted by Gasteiger charge is 2.12. The number of H-pyrrole nitrogens is 1. The van der Waals surface area contributed by atoms with E-state index >= 15 is 0 Å². The second-order valence-electron chi connectivity index (χ2n) is 5.65. The fraction of sp³-hybridized carbons (Fsp3) is 0.222. The van der Waals surface area contributed by atoms with Crippen molar-refractivity contribution in [1.82, 2.24) is 19.9 Å². The number of rotatable bonds is 5. The average molecular weight is 389 g/mol. The van der Waals surface area contributed by atoms with Gasteiger partial charge in [-0.3, -0.25) is 9.59 Å². The third kappa shape index (κ3) is 4.17. The van der Waals surface area contributed by atoms with Crippen LogP contribution in [-0.2, 0) is 11.3 Å². The highest BCUT2D eigenvalue weighted by molar-refractivity contribution is 7.09. The Balaban J connectivity index is 1.81. The largest absolute Gasteiger partial charge is 0.332 e.